The number of hydrogen-bond acceptors (Lipinski definition) is 2. The first-order valence-corrected chi connectivity index (χ1v) is 9.10. The first-order chi connectivity index (χ1) is 10.4. The molecule has 0 atom stereocenters. The number of unbranched alkanes of at least 4 members (excludes halogenated alkanes) is 1. The van der Waals surface area contributed by atoms with Crippen LogP contribution in [0.25, 0.3) is 0 Å². The SMILES string of the molecule is CSCCCCNCC(c1ccccc1)c1ccccc1. The zero-order valence-electron chi connectivity index (χ0n) is 12.8. The van der Waals surface area contributed by atoms with E-state index in [1.807, 2.05) is 11.8 Å². The summed E-state index contributed by atoms with van der Waals surface area (Å²) in [4.78, 5) is 0. The fraction of sp³-hybridized carbons (Fsp3) is 0.368. The summed E-state index contributed by atoms with van der Waals surface area (Å²) >= 11 is 1.93. The summed E-state index contributed by atoms with van der Waals surface area (Å²) in [6, 6.07) is 21.6. The van der Waals surface area contributed by atoms with Gasteiger partial charge in [-0.2, -0.15) is 11.8 Å². The summed E-state index contributed by atoms with van der Waals surface area (Å²) in [5.41, 5.74) is 2.78. The Labute approximate surface area is 133 Å². The second-order valence-corrected chi connectivity index (χ2v) is 6.26. The molecule has 0 aliphatic rings. The molecule has 0 aliphatic heterocycles. The molecule has 112 valence electrons. The monoisotopic (exact) mass is 299 g/mol. The van der Waals surface area contributed by atoms with Gasteiger partial charge in [0.2, 0.25) is 0 Å². The molecule has 0 saturated carbocycles. The van der Waals surface area contributed by atoms with E-state index in [0.717, 1.165) is 13.1 Å². The van der Waals surface area contributed by atoms with E-state index in [1.165, 1.54) is 29.7 Å². The lowest BCUT2D eigenvalue weighted by Crippen LogP contribution is -2.23. The van der Waals surface area contributed by atoms with Crippen molar-refractivity contribution in [2.24, 2.45) is 0 Å². The summed E-state index contributed by atoms with van der Waals surface area (Å²) in [6.07, 6.45) is 4.74. The predicted molar refractivity (Wildman–Crippen MR) is 95.2 cm³/mol. The van der Waals surface area contributed by atoms with Crippen molar-refractivity contribution in [3.63, 3.8) is 0 Å². The molecule has 0 spiro atoms. The molecule has 0 bridgehead atoms. The third kappa shape index (κ3) is 5.56. The summed E-state index contributed by atoms with van der Waals surface area (Å²) in [7, 11) is 0. The molecule has 0 fully saturated rings. The van der Waals surface area contributed by atoms with Crippen LogP contribution in [0.15, 0.2) is 60.7 Å². The average molecular weight is 299 g/mol. The molecular formula is C19H25NS. The van der Waals surface area contributed by atoms with Gasteiger partial charge in [0.15, 0.2) is 0 Å². The highest BCUT2D eigenvalue weighted by Crippen LogP contribution is 2.23. The number of hydrogen-bond donors (Lipinski definition) is 1. The Balaban J connectivity index is 1.94. The largest absolute Gasteiger partial charge is 0.316 e. The van der Waals surface area contributed by atoms with Gasteiger partial charge in [-0.05, 0) is 42.5 Å². The quantitative estimate of drug-likeness (QED) is 0.682. The van der Waals surface area contributed by atoms with Crippen LogP contribution in [0.1, 0.15) is 29.9 Å². The van der Waals surface area contributed by atoms with Crippen LogP contribution in [-0.2, 0) is 0 Å². The Morgan fingerprint density at radius 1 is 0.857 bits per heavy atom. The van der Waals surface area contributed by atoms with E-state index in [0.29, 0.717) is 5.92 Å². The van der Waals surface area contributed by atoms with Crippen molar-refractivity contribution < 1.29 is 0 Å². The van der Waals surface area contributed by atoms with Crippen LogP contribution in [0, 0.1) is 0 Å². The normalized spacial score (nSPS) is 11.0. The van der Waals surface area contributed by atoms with Gasteiger partial charge >= 0.3 is 0 Å². The fourth-order valence-electron chi connectivity index (χ4n) is 2.54. The molecule has 2 heteroatoms. The first kappa shape index (κ1) is 16.1. The lowest BCUT2D eigenvalue weighted by atomic mass is 9.91. The van der Waals surface area contributed by atoms with E-state index in [4.69, 9.17) is 0 Å². The zero-order valence-corrected chi connectivity index (χ0v) is 13.6. The molecule has 2 aromatic carbocycles. The van der Waals surface area contributed by atoms with Crippen LogP contribution in [0.5, 0.6) is 0 Å². The minimum Gasteiger partial charge on any atom is -0.316 e. The third-order valence-corrected chi connectivity index (χ3v) is 4.40. The van der Waals surface area contributed by atoms with Crippen LogP contribution in [0.4, 0.5) is 0 Å². The van der Waals surface area contributed by atoms with Gasteiger partial charge in [-0.15, -0.1) is 0 Å². The zero-order chi connectivity index (χ0) is 14.8. The van der Waals surface area contributed by atoms with E-state index in [2.05, 4.69) is 72.2 Å². The van der Waals surface area contributed by atoms with E-state index in [-0.39, 0.29) is 0 Å². The summed E-state index contributed by atoms with van der Waals surface area (Å²) in [6.45, 7) is 2.12. The lowest BCUT2D eigenvalue weighted by molar-refractivity contribution is 0.608. The highest BCUT2D eigenvalue weighted by atomic mass is 32.2. The summed E-state index contributed by atoms with van der Waals surface area (Å²) < 4.78 is 0. The van der Waals surface area contributed by atoms with Crippen molar-refractivity contribution in [2.45, 2.75) is 18.8 Å². The number of thioether (sulfide) groups is 1. The number of rotatable bonds is 9. The predicted octanol–water partition coefficient (Wildman–Crippen LogP) is 4.55. The minimum absolute atomic E-state index is 0.438. The standard InChI is InChI=1S/C19H25NS/c1-21-15-9-8-14-20-16-19(17-10-4-2-5-11-17)18-12-6-3-7-13-18/h2-7,10-13,19-20H,8-9,14-16H2,1H3. The lowest BCUT2D eigenvalue weighted by Gasteiger charge is -2.19. The maximum absolute atomic E-state index is 3.63. The molecule has 1 N–H and O–H groups in total. The first-order valence-electron chi connectivity index (χ1n) is 7.71. The van der Waals surface area contributed by atoms with Crippen molar-refractivity contribution >= 4 is 11.8 Å². The minimum atomic E-state index is 0.438. The van der Waals surface area contributed by atoms with Crippen molar-refractivity contribution in [3.05, 3.63) is 71.8 Å². The molecule has 0 amide bonds. The van der Waals surface area contributed by atoms with Crippen molar-refractivity contribution in [3.8, 4) is 0 Å². The number of benzene rings is 2. The molecule has 0 aliphatic carbocycles. The van der Waals surface area contributed by atoms with Gasteiger partial charge in [-0.1, -0.05) is 60.7 Å². The summed E-state index contributed by atoms with van der Waals surface area (Å²) in [5.74, 6) is 1.70. The third-order valence-electron chi connectivity index (χ3n) is 3.70. The molecule has 0 heterocycles. The van der Waals surface area contributed by atoms with E-state index < -0.39 is 0 Å². The molecule has 0 saturated heterocycles. The van der Waals surface area contributed by atoms with Gasteiger partial charge in [-0.25, -0.2) is 0 Å². The van der Waals surface area contributed by atoms with Crippen molar-refractivity contribution in [1.29, 1.82) is 0 Å². The molecule has 0 aromatic heterocycles. The van der Waals surface area contributed by atoms with Crippen LogP contribution in [-0.4, -0.2) is 25.1 Å². The number of nitrogens with one attached hydrogen (secondary N) is 1. The van der Waals surface area contributed by atoms with Gasteiger partial charge < -0.3 is 5.32 Å². The smallest absolute Gasteiger partial charge is 0.0214 e. The van der Waals surface area contributed by atoms with E-state index in [9.17, 15) is 0 Å². The molecule has 21 heavy (non-hydrogen) atoms. The average Bonchev–Trinajstić information content (AvgIpc) is 2.56. The molecule has 2 aromatic rings. The maximum Gasteiger partial charge on any atom is 0.0214 e. The second kappa shape index (κ2) is 9.64. The fourth-order valence-corrected chi connectivity index (χ4v) is 3.03. The van der Waals surface area contributed by atoms with E-state index in [1.54, 1.807) is 0 Å². The van der Waals surface area contributed by atoms with Gasteiger partial charge in [0.25, 0.3) is 0 Å². The van der Waals surface area contributed by atoms with Crippen LogP contribution >= 0.6 is 11.8 Å². The highest BCUT2D eigenvalue weighted by molar-refractivity contribution is 7.98. The Kier molecular flexibility index (Phi) is 7.41. The molecule has 2 rings (SSSR count). The highest BCUT2D eigenvalue weighted by Gasteiger charge is 2.12. The summed E-state index contributed by atoms with van der Waals surface area (Å²) in [5, 5.41) is 3.63. The second-order valence-electron chi connectivity index (χ2n) is 5.28. The van der Waals surface area contributed by atoms with Gasteiger partial charge in [-0.3, -0.25) is 0 Å². The molecule has 0 unspecified atom stereocenters. The Morgan fingerprint density at radius 3 is 1.95 bits per heavy atom. The van der Waals surface area contributed by atoms with Crippen LogP contribution in [0.3, 0.4) is 0 Å². The van der Waals surface area contributed by atoms with Gasteiger partial charge in [0.1, 0.15) is 0 Å². The topological polar surface area (TPSA) is 12.0 Å². The Morgan fingerprint density at radius 2 is 1.43 bits per heavy atom. The molecule has 0 radical (unpaired) electrons. The van der Waals surface area contributed by atoms with Crippen molar-refractivity contribution in [2.75, 3.05) is 25.1 Å². The van der Waals surface area contributed by atoms with Crippen LogP contribution in [0.2, 0.25) is 0 Å². The van der Waals surface area contributed by atoms with Gasteiger partial charge in [0, 0.05) is 12.5 Å². The van der Waals surface area contributed by atoms with Gasteiger partial charge in [0.05, 0.1) is 0 Å². The van der Waals surface area contributed by atoms with Crippen LogP contribution < -0.4 is 5.32 Å². The Bertz CT molecular complexity index is 444. The van der Waals surface area contributed by atoms with Crippen molar-refractivity contribution in [1.82, 2.24) is 5.32 Å². The Hall–Kier alpha value is -1.25. The molecular weight excluding hydrogens is 274 g/mol. The maximum atomic E-state index is 3.63. The van der Waals surface area contributed by atoms with E-state index >= 15 is 0 Å². The molecule has 1 nitrogen and oxygen atoms in total.